The van der Waals surface area contributed by atoms with Crippen LogP contribution in [0.3, 0.4) is 0 Å². The van der Waals surface area contributed by atoms with E-state index in [0.29, 0.717) is 11.8 Å². The lowest BCUT2D eigenvalue weighted by Gasteiger charge is -2.01. The highest BCUT2D eigenvalue weighted by Gasteiger charge is 1.97. The third-order valence-electron chi connectivity index (χ3n) is 3.19. The van der Waals surface area contributed by atoms with Gasteiger partial charge in [-0.3, -0.25) is 0 Å². The highest BCUT2D eigenvalue weighted by molar-refractivity contribution is 5.02. The second kappa shape index (κ2) is 13.4. The van der Waals surface area contributed by atoms with E-state index in [1.54, 1.807) is 0 Å². The van der Waals surface area contributed by atoms with Gasteiger partial charge in [0.1, 0.15) is 12.2 Å². The van der Waals surface area contributed by atoms with Crippen LogP contribution in [0, 0.1) is 35.9 Å². The van der Waals surface area contributed by atoms with E-state index in [0.717, 1.165) is 12.8 Å². The van der Waals surface area contributed by atoms with Crippen molar-refractivity contribution >= 4 is 0 Å². The molecule has 0 aliphatic rings. The Kier molecular flexibility index (Phi) is 12.6. The van der Waals surface area contributed by atoms with Crippen LogP contribution in [0.15, 0.2) is 0 Å². The van der Waals surface area contributed by atoms with Crippen LogP contribution in [0.1, 0.15) is 79.1 Å². The van der Waals surface area contributed by atoms with Gasteiger partial charge >= 0.3 is 0 Å². The van der Waals surface area contributed by atoms with E-state index in [4.69, 9.17) is 4.74 Å². The summed E-state index contributed by atoms with van der Waals surface area (Å²) in [5, 5.41) is 0. The number of ether oxygens (including phenoxy) is 1. The van der Waals surface area contributed by atoms with Gasteiger partial charge in [0.2, 0.25) is 0 Å². The Morgan fingerprint density at radius 1 is 0.737 bits per heavy atom. The Labute approximate surface area is 120 Å². The average Bonchev–Trinajstić information content (AvgIpc) is 2.39. The summed E-state index contributed by atoms with van der Waals surface area (Å²) in [6, 6.07) is 0. The van der Waals surface area contributed by atoms with Crippen LogP contribution in [-0.2, 0) is 4.74 Å². The highest BCUT2D eigenvalue weighted by atomic mass is 16.5. The standard InChI is InChI=1S/C18H30O/c1-5-7-9-11-17(3)13-15-19-16-14-18(4)12-10-8-6-2/h17-18H,5-12H2,1-4H3. The van der Waals surface area contributed by atoms with Crippen molar-refractivity contribution in [3.8, 4) is 24.1 Å². The topological polar surface area (TPSA) is 9.23 Å². The van der Waals surface area contributed by atoms with E-state index in [2.05, 4.69) is 51.7 Å². The lowest BCUT2D eigenvalue weighted by molar-refractivity contribution is 0.470. The van der Waals surface area contributed by atoms with Gasteiger partial charge in [-0.15, -0.1) is 0 Å². The maximum atomic E-state index is 5.07. The molecule has 2 unspecified atom stereocenters. The average molecular weight is 262 g/mol. The first-order valence-electron chi connectivity index (χ1n) is 7.87. The zero-order valence-corrected chi connectivity index (χ0v) is 13.2. The van der Waals surface area contributed by atoms with Crippen molar-refractivity contribution in [3.63, 3.8) is 0 Å². The summed E-state index contributed by atoms with van der Waals surface area (Å²) in [6.07, 6.45) is 15.4. The first-order valence-corrected chi connectivity index (χ1v) is 7.87. The molecule has 0 aliphatic heterocycles. The molecule has 0 N–H and O–H groups in total. The molecule has 0 fully saturated rings. The number of hydrogen-bond acceptors (Lipinski definition) is 1. The van der Waals surface area contributed by atoms with Gasteiger partial charge in [-0.05, 0) is 12.8 Å². The molecule has 0 bridgehead atoms. The summed E-state index contributed by atoms with van der Waals surface area (Å²) in [5.74, 6) is 7.01. The Morgan fingerprint density at radius 2 is 1.16 bits per heavy atom. The largest absolute Gasteiger partial charge is 0.357 e. The van der Waals surface area contributed by atoms with Gasteiger partial charge in [0.15, 0.2) is 0 Å². The zero-order valence-electron chi connectivity index (χ0n) is 13.2. The molecule has 0 aromatic rings. The molecule has 0 aliphatic carbocycles. The van der Waals surface area contributed by atoms with Gasteiger partial charge in [0, 0.05) is 11.8 Å². The molecule has 0 spiro atoms. The van der Waals surface area contributed by atoms with E-state index in [-0.39, 0.29) is 0 Å². The van der Waals surface area contributed by atoms with E-state index >= 15 is 0 Å². The lowest BCUT2D eigenvalue weighted by Crippen LogP contribution is -1.91. The predicted molar refractivity (Wildman–Crippen MR) is 83.2 cm³/mol. The van der Waals surface area contributed by atoms with Crippen molar-refractivity contribution < 1.29 is 4.74 Å². The van der Waals surface area contributed by atoms with Crippen LogP contribution in [0.2, 0.25) is 0 Å². The SMILES string of the molecule is CCCCCC(C)C#COC#CC(C)CCCCC. The molecule has 0 saturated heterocycles. The monoisotopic (exact) mass is 262 g/mol. The summed E-state index contributed by atoms with van der Waals surface area (Å²) in [4.78, 5) is 0. The van der Waals surface area contributed by atoms with Gasteiger partial charge in [0.25, 0.3) is 0 Å². The summed E-state index contributed by atoms with van der Waals surface area (Å²) in [7, 11) is 0. The van der Waals surface area contributed by atoms with Crippen LogP contribution in [0.25, 0.3) is 0 Å². The molecular weight excluding hydrogens is 232 g/mol. The fraction of sp³-hybridized carbons (Fsp3) is 0.778. The molecule has 19 heavy (non-hydrogen) atoms. The molecule has 0 amide bonds. The molecule has 0 aromatic heterocycles. The minimum atomic E-state index is 0.412. The van der Waals surface area contributed by atoms with Crippen molar-refractivity contribution in [1.29, 1.82) is 0 Å². The molecule has 0 radical (unpaired) electrons. The van der Waals surface area contributed by atoms with Gasteiger partial charge < -0.3 is 4.74 Å². The summed E-state index contributed by atoms with van der Waals surface area (Å²) < 4.78 is 5.07. The lowest BCUT2D eigenvalue weighted by atomic mass is 10.0. The summed E-state index contributed by atoms with van der Waals surface area (Å²) >= 11 is 0. The molecule has 0 saturated carbocycles. The summed E-state index contributed by atoms with van der Waals surface area (Å²) in [6.45, 7) is 8.73. The van der Waals surface area contributed by atoms with Crippen molar-refractivity contribution in [2.24, 2.45) is 11.8 Å². The van der Waals surface area contributed by atoms with Crippen LogP contribution in [0.5, 0.6) is 0 Å². The zero-order chi connectivity index (χ0) is 14.3. The number of hydrogen-bond donors (Lipinski definition) is 0. The van der Waals surface area contributed by atoms with Gasteiger partial charge in [0.05, 0.1) is 0 Å². The van der Waals surface area contributed by atoms with Gasteiger partial charge in [-0.25, -0.2) is 0 Å². The van der Waals surface area contributed by atoms with Crippen molar-refractivity contribution in [3.05, 3.63) is 0 Å². The normalized spacial score (nSPS) is 12.6. The minimum Gasteiger partial charge on any atom is -0.357 e. The van der Waals surface area contributed by atoms with Crippen molar-refractivity contribution in [2.75, 3.05) is 0 Å². The van der Waals surface area contributed by atoms with Crippen LogP contribution >= 0.6 is 0 Å². The van der Waals surface area contributed by atoms with E-state index < -0.39 is 0 Å². The quantitative estimate of drug-likeness (QED) is 0.423. The minimum absolute atomic E-state index is 0.412. The summed E-state index contributed by atoms with van der Waals surface area (Å²) in [5.41, 5.74) is 0. The molecule has 108 valence electrons. The van der Waals surface area contributed by atoms with E-state index in [9.17, 15) is 0 Å². The second-order valence-corrected chi connectivity index (χ2v) is 5.39. The van der Waals surface area contributed by atoms with E-state index in [1.165, 1.54) is 38.5 Å². The van der Waals surface area contributed by atoms with E-state index in [1.807, 2.05) is 0 Å². The molecule has 1 heteroatoms. The molecule has 2 atom stereocenters. The smallest absolute Gasteiger partial charge is 0.130 e. The predicted octanol–water partition coefficient (Wildman–Crippen LogP) is 5.36. The van der Waals surface area contributed by atoms with Gasteiger partial charge in [-0.1, -0.05) is 78.1 Å². The second-order valence-electron chi connectivity index (χ2n) is 5.39. The molecule has 0 aromatic carbocycles. The number of rotatable bonds is 8. The molecule has 0 heterocycles. The molecule has 0 rings (SSSR count). The Hall–Kier alpha value is -1.08. The maximum Gasteiger partial charge on any atom is 0.130 e. The highest BCUT2D eigenvalue weighted by Crippen LogP contribution is 2.08. The fourth-order valence-electron chi connectivity index (χ4n) is 1.83. The Morgan fingerprint density at radius 3 is 1.53 bits per heavy atom. The first-order chi connectivity index (χ1) is 9.20. The van der Waals surface area contributed by atoms with Crippen LogP contribution < -0.4 is 0 Å². The third-order valence-corrected chi connectivity index (χ3v) is 3.19. The third kappa shape index (κ3) is 13.2. The molecule has 1 nitrogen and oxygen atoms in total. The molecular formula is C18H30O. The first kappa shape index (κ1) is 17.9. The Balaban J connectivity index is 3.71. The fourth-order valence-corrected chi connectivity index (χ4v) is 1.83. The van der Waals surface area contributed by atoms with Crippen molar-refractivity contribution in [1.82, 2.24) is 0 Å². The van der Waals surface area contributed by atoms with Crippen molar-refractivity contribution in [2.45, 2.75) is 79.1 Å². The van der Waals surface area contributed by atoms with Crippen LogP contribution in [0.4, 0.5) is 0 Å². The number of unbranched alkanes of at least 4 members (excludes halogenated alkanes) is 4. The maximum absolute atomic E-state index is 5.07. The van der Waals surface area contributed by atoms with Gasteiger partial charge in [-0.2, -0.15) is 0 Å². The van der Waals surface area contributed by atoms with Crippen LogP contribution in [-0.4, -0.2) is 0 Å². The Bertz CT molecular complexity index is 278.